The maximum atomic E-state index is 14.9. The van der Waals surface area contributed by atoms with Crippen molar-refractivity contribution >= 4 is 29.1 Å². The topological polar surface area (TPSA) is 161 Å². The van der Waals surface area contributed by atoms with E-state index in [1.807, 2.05) is 0 Å². The summed E-state index contributed by atoms with van der Waals surface area (Å²) >= 11 is 5.83. The molecular weight excluding hydrogens is 545 g/mol. The van der Waals surface area contributed by atoms with Crippen LogP contribution in [0.1, 0.15) is 59.9 Å². The third kappa shape index (κ3) is 5.97. The number of aryl methyl sites for hydroxylation is 1. The standard InChI is InChI=1S/C23H24ClF3N8O4/c1-9-18(34-39-33-9)22(37)29-19(17(10-2-3-10)11-4-5-11)23(38)28-13-8-35(32-20(13)27)14(7-16(25)26)12-6-15(24)30-31-21(12)36/h6,8,10-11,14,16-17,19H,2-5,7H2,1H3,(H,28,38)(H,29,37)(H,31,36). The zero-order valence-electron chi connectivity index (χ0n) is 20.5. The highest BCUT2D eigenvalue weighted by atomic mass is 35.5. The van der Waals surface area contributed by atoms with Crippen molar-refractivity contribution < 1.29 is 27.4 Å². The van der Waals surface area contributed by atoms with Gasteiger partial charge < -0.3 is 10.6 Å². The van der Waals surface area contributed by atoms with Crippen molar-refractivity contribution in [3.05, 3.63) is 50.7 Å². The second kappa shape index (κ2) is 10.8. The summed E-state index contributed by atoms with van der Waals surface area (Å²) in [6.07, 6.45) is 0.853. The van der Waals surface area contributed by atoms with Crippen molar-refractivity contribution in [1.82, 2.24) is 35.6 Å². The molecule has 12 nitrogen and oxygen atoms in total. The number of H-pyrrole nitrogens is 1. The molecule has 39 heavy (non-hydrogen) atoms. The highest BCUT2D eigenvalue weighted by Crippen LogP contribution is 2.51. The fourth-order valence-electron chi connectivity index (χ4n) is 4.89. The van der Waals surface area contributed by atoms with E-state index < -0.39 is 53.9 Å². The lowest BCUT2D eigenvalue weighted by atomic mass is 9.88. The molecule has 2 fully saturated rings. The zero-order valence-corrected chi connectivity index (χ0v) is 21.3. The van der Waals surface area contributed by atoms with Crippen LogP contribution < -0.4 is 16.2 Å². The van der Waals surface area contributed by atoms with Crippen LogP contribution in [0.3, 0.4) is 0 Å². The molecule has 208 valence electrons. The Hall–Kier alpha value is -3.75. The average molecular weight is 569 g/mol. The molecule has 3 aromatic heterocycles. The van der Waals surface area contributed by atoms with Gasteiger partial charge in [0.1, 0.15) is 22.6 Å². The second-order valence-electron chi connectivity index (χ2n) is 9.82. The van der Waals surface area contributed by atoms with E-state index in [9.17, 15) is 27.6 Å². The molecular formula is C23H24ClF3N8O4. The number of hydrogen-bond acceptors (Lipinski definition) is 8. The Balaban J connectivity index is 1.42. The maximum Gasteiger partial charge on any atom is 0.276 e. The normalized spacial score (nSPS) is 16.9. The van der Waals surface area contributed by atoms with Gasteiger partial charge in [0.05, 0.1) is 12.2 Å². The molecule has 2 amide bonds. The van der Waals surface area contributed by atoms with E-state index in [0.29, 0.717) is 0 Å². The van der Waals surface area contributed by atoms with E-state index in [-0.39, 0.29) is 39.9 Å². The number of anilines is 1. The number of nitrogens with zero attached hydrogens (tertiary/aromatic N) is 5. The Morgan fingerprint density at radius 3 is 2.51 bits per heavy atom. The van der Waals surface area contributed by atoms with E-state index in [1.165, 1.54) is 6.92 Å². The van der Waals surface area contributed by atoms with E-state index in [0.717, 1.165) is 42.6 Å². The van der Waals surface area contributed by atoms with Gasteiger partial charge in [0.2, 0.25) is 12.3 Å². The van der Waals surface area contributed by atoms with Crippen LogP contribution in [0.5, 0.6) is 0 Å². The second-order valence-corrected chi connectivity index (χ2v) is 10.2. The monoisotopic (exact) mass is 568 g/mol. The smallest absolute Gasteiger partial charge is 0.276 e. The molecule has 0 radical (unpaired) electrons. The predicted molar refractivity (Wildman–Crippen MR) is 129 cm³/mol. The number of aromatic amines is 1. The highest BCUT2D eigenvalue weighted by Gasteiger charge is 2.48. The summed E-state index contributed by atoms with van der Waals surface area (Å²) in [5.74, 6) is -2.27. The minimum absolute atomic E-state index is 0.0757. The Morgan fingerprint density at radius 2 is 1.92 bits per heavy atom. The maximum absolute atomic E-state index is 14.9. The molecule has 2 saturated carbocycles. The third-order valence-corrected chi connectivity index (χ3v) is 7.17. The zero-order chi connectivity index (χ0) is 27.8. The summed E-state index contributed by atoms with van der Waals surface area (Å²) in [5.41, 5.74) is -1.25. The van der Waals surface area contributed by atoms with Gasteiger partial charge >= 0.3 is 0 Å². The van der Waals surface area contributed by atoms with Crippen molar-refractivity contribution in [3.63, 3.8) is 0 Å². The number of hydrogen-bond donors (Lipinski definition) is 3. The molecule has 5 rings (SSSR count). The number of amides is 2. The first-order valence-electron chi connectivity index (χ1n) is 12.3. The van der Waals surface area contributed by atoms with E-state index >= 15 is 0 Å². The van der Waals surface area contributed by atoms with Crippen LogP contribution in [-0.4, -0.2) is 54.6 Å². The lowest BCUT2D eigenvalue weighted by molar-refractivity contribution is -0.119. The summed E-state index contributed by atoms with van der Waals surface area (Å²) in [6, 6.07) is -1.35. The van der Waals surface area contributed by atoms with Gasteiger partial charge in [0.15, 0.2) is 5.69 Å². The van der Waals surface area contributed by atoms with E-state index in [2.05, 4.69) is 40.9 Å². The minimum atomic E-state index is -2.88. The fourth-order valence-corrected chi connectivity index (χ4v) is 5.05. The molecule has 3 heterocycles. The summed E-state index contributed by atoms with van der Waals surface area (Å²) in [4.78, 5) is 38.7. The van der Waals surface area contributed by atoms with Crippen molar-refractivity contribution in [2.24, 2.45) is 17.8 Å². The first-order chi connectivity index (χ1) is 18.6. The largest absolute Gasteiger partial charge is 0.338 e. The van der Waals surface area contributed by atoms with Gasteiger partial charge in [-0.2, -0.15) is 9.49 Å². The Kier molecular flexibility index (Phi) is 7.42. The summed E-state index contributed by atoms with van der Waals surface area (Å²) in [7, 11) is 0. The predicted octanol–water partition coefficient (Wildman–Crippen LogP) is 2.87. The molecule has 0 saturated heterocycles. The van der Waals surface area contributed by atoms with Gasteiger partial charge in [-0.3, -0.25) is 19.1 Å². The Morgan fingerprint density at radius 1 is 1.23 bits per heavy atom. The quantitative estimate of drug-likeness (QED) is 0.318. The van der Waals surface area contributed by atoms with Crippen LogP contribution in [0.2, 0.25) is 5.15 Å². The van der Waals surface area contributed by atoms with Crippen molar-refractivity contribution in [3.8, 4) is 0 Å². The molecule has 2 atom stereocenters. The molecule has 0 spiro atoms. The molecule has 0 aromatic carbocycles. The van der Waals surface area contributed by atoms with Crippen LogP contribution >= 0.6 is 11.6 Å². The fraction of sp³-hybridized carbons (Fsp3) is 0.522. The van der Waals surface area contributed by atoms with Crippen molar-refractivity contribution in [2.45, 2.75) is 57.5 Å². The number of carbonyl (C=O) groups is 2. The van der Waals surface area contributed by atoms with E-state index in [4.69, 9.17) is 11.6 Å². The average Bonchev–Trinajstić information content (AvgIpc) is 3.81. The van der Waals surface area contributed by atoms with Crippen LogP contribution in [0.15, 0.2) is 21.7 Å². The van der Waals surface area contributed by atoms with Crippen LogP contribution in [-0.2, 0) is 4.79 Å². The molecule has 2 aliphatic carbocycles. The van der Waals surface area contributed by atoms with Crippen molar-refractivity contribution in [1.29, 1.82) is 0 Å². The van der Waals surface area contributed by atoms with Gasteiger partial charge in [0.25, 0.3) is 17.4 Å². The van der Waals surface area contributed by atoms with Crippen LogP contribution in [0.25, 0.3) is 0 Å². The van der Waals surface area contributed by atoms with Gasteiger partial charge in [-0.15, -0.1) is 5.10 Å². The van der Waals surface area contributed by atoms with Crippen molar-refractivity contribution in [2.75, 3.05) is 5.32 Å². The van der Waals surface area contributed by atoms with Gasteiger partial charge in [-0.1, -0.05) is 16.8 Å². The summed E-state index contributed by atoms with van der Waals surface area (Å²) in [5, 5.41) is 21.4. The molecule has 3 aromatic rings. The molecule has 3 N–H and O–H groups in total. The number of carbonyl (C=O) groups excluding carboxylic acids is 2. The molecule has 0 bridgehead atoms. The first-order valence-corrected chi connectivity index (χ1v) is 12.7. The molecule has 2 aliphatic rings. The number of halogens is 4. The lowest BCUT2D eigenvalue weighted by Crippen LogP contribution is -2.50. The molecule has 2 unspecified atom stereocenters. The van der Waals surface area contributed by atoms with Gasteiger partial charge in [-0.25, -0.2) is 18.5 Å². The Labute approximate surface area is 223 Å². The number of aromatic nitrogens is 6. The summed E-state index contributed by atoms with van der Waals surface area (Å²) < 4.78 is 47.2. The molecule has 0 aliphatic heterocycles. The SMILES string of the molecule is Cc1nonc1C(=O)NC(C(=O)Nc1cn(C(CC(F)F)c2cc(Cl)n[nH]c2=O)nc1F)C(C1CC1)C1CC1. The summed E-state index contributed by atoms with van der Waals surface area (Å²) in [6.45, 7) is 1.53. The Bertz CT molecular complexity index is 1420. The molecule has 16 heteroatoms. The first kappa shape index (κ1) is 26.8. The lowest BCUT2D eigenvalue weighted by Gasteiger charge is -2.27. The number of alkyl halides is 2. The minimum Gasteiger partial charge on any atom is -0.338 e. The van der Waals surface area contributed by atoms with Crippen LogP contribution in [0, 0.1) is 30.6 Å². The number of rotatable bonds is 11. The van der Waals surface area contributed by atoms with Gasteiger partial charge in [0, 0.05) is 12.0 Å². The van der Waals surface area contributed by atoms with Crippen LogP contribution in [0.4, 0.5) is 18.9 Å². The van der Waals surface area contributed by atoms with Gasteiger partial charge in [-0.05, 0) is 61.6 Å². The number of nitrogens with one attached hydrogen (secondary N) is 3. The van der Waals surface area contributed by atoms with E-state index in [1.54, 1.807) is 0 Å². The third-order valence-electron chi connectivity index (χ3n) is 6.98. The highest BCUT2D eigenvalue weighted by molar-refractivity contribution is 6.29.